The molecular weight excluding hydrogens is 884 g/mol. The van der Waals surface area contributed by atoms with Gasteiger partial charge in [0.15, 0.2) is 20.2 Å². The molecule has 0 saturated carbocycles. The largest absolute Gasteiger partial charge is 1.00 e. The summed E-state index contributed by atoms with van der Waals surface area (Å²) in [5, 5.41) is -34.3. The normalized spacial score (nSPS) is 14.3. The van der Waals surface area contributed by atoms with Crippen molar-refractivity contribution in [2.45, 2.75) is 40.6 Å². The third-order valence-corrected chi connectivity index (χ3v) is 14.3. The summed E-state index contributed by atoms with van der Waals surface area (Å²) >= 11 is 21.9. The molecule has 12 nitrogen and oxygen atoms in total. The Morgan fingerprint density at radius 2 is 0.638 bits per heavy atom. The molecule has 2 aromatic rings. The standard InChI is InChI=1S/C16H6Cl4F8O12S5.2Na/c17-7-1-5(2-8(18)11(7)42(31,32)13(21,22)15(25,26)44(35,36)37)41(29,30)6-3-9(19)12(10(20)4-6)43(33,34)14(23,24)16(27,28)45(38,39)40;;/h1-4H,(H,35,36,37)(H,38,39,40);;/q;2*+1/p-2. The van der Waals surface area contributed by atoms with E-state index in [4.69, 9.17) is 46.4 Å². The topological polar surface area (TPSA) is 217 Å². The van der Waals surface area contributed by atoms with Crippen molar-refractivity contribution in [3.8, 4) is 0 Å². The number of halogens is 12. The van der Waals surface area contributed by atoms with Crippen LogP contribution in [0.15, 0.2) is 43.8 Å². The van der Waals surface area contributed by atoms with Gasteiger partial charge in [-0.1, -0.05) is 46.4 Å². The SMILES string of the molecule is O=S(=O)(c1cc(Cl)c(S(=O)(=O)C(F)(F)C(F)(F)S(=O)(=O)[O-])c(Cl)c1)c1cc(Cl)c(S(=O)(=O)C(F)(F)C(F)(F)S(=O)(=O)[O-])c(Cl)c1.[Na+].[Na+]. The van der Waals surface area contributed by atoms with Gasteiger partial charge >= 0.3 is 80.1 Å². The maximum atomic E-state index is 14.2. The van der Waals surface area contributed by atoms with E-state index in [1.54, 1.807) is 0 Å². The summed E-state index contributed by atoms with van der Waals surface area (Å²) in [6, 6.07) is -0.461. The van der Waals surface area contributed by atoms with Crippen molar-refractivity contribution in [2.24, 2.45) is 0 Å². The number of benzene rings is 2. The van der Waals surface area contributed by atoms with Gasteiger partial charge in [-0.15, -0.1) is 0 Å². The molecule has 0 amide bonds. The Morgan fingerprint density at radius 1 is 0.447 bits per heavy atom. The molecule has 2 rings (SSSR count). The monoisotopic (exact) mass is 886 g/mol. The van der Waals surface area contributed by atoms with E-state index in [0.29, 0.717) is 0 Å². The van der Waals surface area contributed by atoms with Crippen LogP contribution >= 0.6 is 46.4 Å². The smallest absolute Gasteiger partial charge is 0.743 e. The van der Waals surface area contributed by atoms with Crippen LogP contribution in [0.1, 0.15) is 0 Å². The van der Waals surface area contributed by atoms with Crippen LogP contribution < -0.4 is 59.1 Å². The number of hydrogen-bond acceptors (Lipinski definition) is 12. The molecule has 0 aliphatic carbocycles. The van der Waals surface area contributed by atoms with E-state index in [9.17, 15) is 86.3 Å². The molecule has 0 spiro atoms. The Balaban J connectivity index is 0.0000106. The van der Waals surface area contributed by atoms with Gasteiger partial charge in [-0.25, -0.2) is 42.1 Å². The maximum absolute atomic E-state index is 14.2. The van der Waals surface area contributed by atoms with Gasteiger partial charge in [0.25, 0.3) is 19.7 Å². The van der Waals surface area contributed by atoms with Gasteiger partial charge in [0, 0.05) is 0 Å². The van der Waals surface area contributed by atoms with Gasteiger partial charge in [0.2, 0.25) is 9.84 Å². The summed E-state index contributed by atoms with van der Waals surface area (Å²) in [6.07, 6.45) is 0. The van der Waals surface area contributed by atoms with Gasteiger partial charge in [-0.05, 0) is 24.3 Å². The molecular formula is C16H4Cl4F8Na2O12S5. The van der Waals surface area contributed by atoms with Gasteiger partial charge in [0.05, 0.1) is 29.9 Å². The molecule has 2 aromatic carbocycles. The second-order valence-electron chi connectivity index (χ2n) is 7.92. The van der Waals surface area contributed by atoms with Gasteiger partial charge in [-0.3, -0.25) is 0 Å². The van der Waals surface area contributed by atoms with E-state index < -0.39 is 110 Å². The average Bonchev–Trinajstić information content (AvgIpc) is 2.80. The molecule has 31 heteroatoms. The Hall–Kier alpha value is 0.710. The predicted molar refractivity (Wildman–Crippen MR) is 132 cm³/mol. The summed E-state index contributed by atoms with van der Waals surface area (Å²) in [6.45, 7) is 0. The Labute approximate surface area is 322 Å². The molecule has 0 unspecified atom stereocenters. The quantitative estimate of drug-likeness (QED) is 0.146. The van der Waals surface area contributed by atoms with Crippen molar-refractivity contribution in [3.63, 3.8) is 0 Å². The van der Waals surface area contributed by atoms with Gasteiger partial charge in [0.1, 0.15) is 9.79 Å². The van der Waals surface area contributed by atoms with Crippen LogP contribution in [0.5, 0.6) is 0 Å². The van der Waals surface area contributed by atoms with Crippen molar-refractivity contribution in [3.05, 3.63) is 44.4 Å². The van der Waals surface area contributed by atoms with Gasteiger partial charge < -0.3 is 9.11 Å². The van der Waals surface area contributed by atoms with Crippen LogP contribution in [0.4, 0.5) is 35.1 Å². The van der Waals surface area contributed by atoms with E-state index in [-0.39, 0.29) is 83.4 Å². The first-order valence-electron chi connectivity index (χ1n) is 9.71. The summed E-state index contributed by atoms with van der Waals surface area (Å²) in [7, 11) is -34.3. The van der Waals surface area contributed by atoms with Crippen molar-refractivity contribution in [1.82, 2.24) is 0 Å². The molecule has 0 atom stereocenters. The molecule has 0 heterocycles. The molecule has 256 valence electrons. The van der Waals surface area contributed by atoms with Crippen molar-refractivity contribution >= 4 is 96.2 Å². The molecule has 0 fully saturated rings. The maximum Gasteiger partial charge on any atom is 1.00 e. The third kappa shape index (κ3) is 7.62. The summed E-state index contributed by atoms with van der Waals surface area (Å²) in [4.78, 5) is -7.32. The Bertz CT molecular complexity index is 1980. The molecule has 0 aromatic heterocycles. The minimum absolute atomic E-state index is 0. The number of rotatable bonds is 10. The van der Waals surface area contributed by atoms with Crippen LogP contribution in [-0.4, -0.2) is 72.2 Å². The minimum atomic E-state index is -7.39. The molecule has 0 radical (unpaired) electrons. The number of hydrogen-bond donors (Lipinski definition) is 0. The average molecular weight is 888 g/mol. The second kappa shape index (κ2) is 14.3. The van der Waals surface area contributed by atoms with Crippen LogP contribution in [0.3, 0.4) is 0 Å². The van der Waals surface area contributed by atoms with E-state index in [1.165, 1.54) is 0 Å². The van der Waals surface area contributed by atoms with Crippen LogP contribution in [0.25, 0.3) is 0 Å². The van der Waals surface area contributed by atoms with Crippen LogP contribution in [0.2, 0.25) is 20.1 Å². The van der Waals surface area contributed by atoms with Crippen molar-refractivity contribution in [2.75, 3.05) is 0 Å². The molecule has 47 heavy (non-hydrogen) atoms. The summed E-state index contributed by atoms with van der Waals surface area (Å²) < 4.78 is 250. The van der Waals surface area contributed by atoms with E-state index >= 15 is 0 Å². The Kier molecular flexibility index (Phi) is 14.5. The Morgan fingerprint density at radius 3 is 0.809 bits per heavy atom. The zero-order valence-electron chi connectivity index (χ0n) is 21.8. The molecule has 0 aliphatic heterocycles. The third-order valence-electron chi connectivity index (χ3n) is 5.08. The first-order chi connectivity index (χ1) is 19.6. The minimum Gasteiger partial charge on any atom is -0.743 e. The fourth-order valence-corrected chi connectivity index (χ4v) is 11.0. The summed E-state index contributed by atoms with van der Waals surface area (Å²) in [5.41, 5.74) is 0. The second-order valence-corrected chi connectivity index (χ2v) is 18.2. The number of alkyl halides is 8. The summed E-state index contributed by atoms with van der Waals surface area (Å²) in [5.74, 6) is 0. The first-order valence-corrected chi connectivity index (χ1v) is 18.5. The number of sulfone groups is 3. The zero-order valence-corrected chi connectivity index (χ0v) is 32.9. The molecule has 0 N–H and O–H groups in total. The van der Waals surface area contributed by atoms with Crippen molar-refractivity contribution in [1.29, 1.82) is 0 Å². The molecule has 0 aliphatic rings. The fraction of sp³-hybridized carbons (Fsp3) is 0.250. The van der Waals surface area contributed by atoms with E-state index in [1.807, 2.05) is 0 Å². The zero-order chi connectivity index (χ0) is 35.9. The van der Waals surface area contributed by atoms with Gasteiger partial charge in [-0.2, -0.15) is 35.1 Å². The molecule has 0 saturated heterocycles. The predicted octanol–water partition coefficient (Wildman–Crippen LogP) is -1.85. The van der Waals surface area contributed by atoms with Crippen molar-refractivity contribution < 1.29 is 145 Å². The fourth-order valence-electron chi connectivity index (χ4n) is 2.89. The van der Waals surface area contributed by atoms with Crippen LogP contribution in [0, 0.1) is 0 Å². The van der Waals surface area contributed by atoms with E-state index in [0.717, 1.165) is 0 Å². The first kappa shape index (κ1) is 47.7. The molecule has 0 bridgehead atoms. The van der Waals surface area contributed by atoms with E-state index in [2.05, 4.69) is 0 Å². The van der Waals surface area contributed by atoms with Crippen LogP contribution in [-0.2, 0) is 49.7 Å².